The van der Waals surface area contributed by atoms with E-state index in [1.165, 1.54) is 6.92 Å². The quantitative estimate of drug-likeness (QED) is 0.838. The van der Waals surface area contributed by atoms with Crippen molar-refractivity contribution in [2.75, 3.05) is 10.2 Å². The highest BCUT2D eigenvalue weighted by Crippen LogP contribution is 2.36. The molecule has 0 aliphatic carbocycles. The van der Waals surface area contributed by atoms with Crippen molar-refractivity contribution in [2.45, 2.75) is 20.8 Å². The molecule has 2 aromatic carbocycles. The Labute approximate surface area is 156 Å². The van der Waals surface area contributed by atoms with Crippen LogP contribution in [0.1, 0.15) is 23.6 Å². The number of nitrogens with zero attached hydrogens (tertiary/aromatic N) is 1. The maximum Gasteiger partial charge on any atom is 0.277 e. The average molecular weight is 369 g/mol. The molecule has 2 aromatic rings. The Morgan fingerprint density at radius 3 is 2.27 bits per heavy atom. The number of hydrogen-bond acceptors (Lipinski definition) is 3. The van der Waals surface area contributed by atoms with E-state index in [-0.39, 0.29) is 16.5 Å². The normalized spacial score (nSPS) is 14.2. The summed E-state index contributed by atoms with van der Waals surface area (Å²) < 4.78 is 0. The second-order valence-corrected chi connectivity index (χ2v) is 6.49. The number of aryl methyl sites for hydroxylation is 1. The highest BCUT2D eigenvalue weighted by atomic mass is 35.5. The zero-order valence-electron chi connectivity index (χ0n) is 14.6. The van der Waals surface area contributed by atoms with Crippen molar-refractivity contribution >= 4 is 46.3 Å². The average Bonchev–Trinajstić information content (AvgIpc) is 2.81. The summed E-state index contributed by atoms with van der Waals surface area (Å²) in [5.41, 5.74) is 3.64. The molecular formula is C20H17ClN2O3. The Bertz CT molecular complexity index is 962. The minimum atomic E-state index is -0.536. The van der Waals surface area contributed by atoms with Gasteiger partial charge in [-0.2, -0.15) is 0 Å². The van der Waals surface area contributed by atoms with E-state index in [9.17, 15) is 14.4 Å². The fourth-order valence-corrected chi connectivity index (χ4v) is 3.15. The van der Waals surface area contributed by atoms with Gasteiger partial charge in [0.2, 0.25) is 5.91 Å². The van der Waals surface area contributed by atoms with Crippen LogP contribution in [0, 0.1) is 13.8 Å². The second-order valence-electron chi connectivity index (χ2n) is 6.11. The molecular weight excluding hydrogens is 352 g/mol. The van der Waals surface area contributed by atoms with Crippen molar-refractivity contribution < 1.29 is 14.4 Å². The molecule has 0 saturated heterocycles. The lowest BCUT2D eigenvalue weighted by molar-refractivity contribution is -0.120. The molecule has 1 aliphatic heterocycles. The first-order chi connectivity index (χ1) is 12.3. The molecule has 0 fully saturated rings. The van der Waals surface area contributed by atoms with Crippen LogP contribution in [-0.2, 0) is 14.4 Å². The number of hydrogen-bond donors (Lipinski definition) is 1. The van der Waals surface area contributed by atoms with Gasteiger partial charge in [0, 0.05) is 12.6 Å². The minimum absolute atomic E-state index is 0.108. The maximum absolute atomic E-state index is 12.9. The predicted molar refractivity (Wildman–Crippen MR) is 102 cm³/mol. The van der Waals surface area contributed by atoms with Crippen molar-refractivity contribution in [1.29, 1.82) is 0 Å². The number of halogens is 1. The molecule has 1 N–H and O–H groups in total. The van der Waals surface area contributed by atoms with Crippen molar-refractivity contribution in [3.8, 4) is 0 Å². The lowest BCUT2D eigenvalue weighted by Crippen LogP contribution is -2.31. The Hall–Kier alpha value is -2.92. The summed E-state index contributed by atoms with van der Waals surface area (Å²) in [7, 11) is 0. The van der Waals surface area contributed by atoms with Crippen LogP contribution < -0.4 is 10.2 Å². The van der Waals surface area contributed by atoms with Gasteiger partial charge in [-0.25, -0.2) is 4.90 Å². The van der Waals surface area contributed by atoms with E-state index >= 15 is 0 Å². The number of anilines is 2. The summed E-state index contributed by atoms with van der Waals surface area (Å²) in [4.78, 5) is 37.8. The molecule has 1 heterocycles. The monoisotopic (exact) mass is 368 g/mol. The smallest absolute Gasteiger partial charge is 0.277 e. The Kier molecular flexibility index (Phi) is 4.66. The fourth-order valence-electron chi connectivity index (χ4n) is 2.87. The van der Waals surface area contributed by atoms with Gasteiger partial charge in [0.15, 0.2) is 0 Å². The molecule has 26 heavy (non-hydrogen) atoms. The van der Waals surface area contributed by atoms with Crippen LogP contribution in [0.15, 0.2) is 47.5 Å². The summed E-state index contributed by atoms with van der Waals surface area (Å²) >= 11 is 6.22. The zero-order valence-corrected chi connectivity index (χ0v) is 15.3. The van der Waals surface area contributed by atoms with Crippen molar-refractivity contribution in [3.63, 3.8) is 0 Å². The first-order valence-corrected chi connectivity index (χ1v) is 8.42. The lowest BCUT2D eigenvalue weighted by Gasteiger charge is -2.18. The number of benzene rings is 2. The van der Waals surface area contributed by atoms with Gasteiger partial charge >= 0.3 is 0 Å². The van der Waals surface area contributed by atoms with Gasteiger partial charge in [-0.15, -0.1) is 0 Å². The number of imide groups is 1. The van der Waals surface area contributed by atoms with E-state index in [1.54, 1.807) is 36.4 Å². The van der Waals surface area contributed by atoms with Crippen molar-refractivity contribution in [1.82, 2.24) is 0 Å². The first-order valence-electron chi connectivity index (χ1n) is 8.04. The fraction of sp³-hybridized carbons (Fsp3) is 0.150. The predicted octanol–water partition coefficient (Wildman–Crippen LogP) is 3.79. The Balaban J connectivity index is 1.99. The van der Waals surface area contributed by atoms with Crippen LogP contribution in [0.2, 0.25) is 0 Å². The van der Waals surface area contributed by atoms with Crippen LogP contribution >= 0.6 is 11.6 Å². The largest absolute Gasteiger partial charge is 0.326 e. The summed E-state index contributed by atoms with van der Waals surface area (Å²) in [6, 6.07) is 12.1. The molecule has 3 rings (SSSR count). The van der Waals surface area contributed by atoms with Crippen LogP contribution in [0.3, 0.4) is 0 Å². The summed E-state index contributed by atoms with van der Waals surface area (Å²) in [5, 5.41) is 2.54. The summed E-state index contributed by atoms with van der Waals surface area (Å²) in [5.74, 6) is -1.18. The van der Waals surface area contributed by atoms with Crippen LogP contribution in [0.4, 0.5) is 11.4 Å². The molecule has 0 atom stereocenters. The van der Waals surface area contributed by atoms with Gasteiger partial charge in [-0.05, 0) is 48.7 Å². The van der Waals surface area contributed by atoms with Gasteiger partial charge < -0.3 is 5.32 Å². The van der Waals surface area contributed by atoms with E-state index in [0.717, 1.165) is 16.0 Å². The summed E-state index contributed by atoms with van der Waals surface area (Å²) in [6.45, 7) is 5.19. The molecule has 1 aliphatic rings. The Morgan fingerprint density at radius 2 is 1.65 bits per heavy atom. The molecule has 3 amide bonds. The van der Waals surface area contributed by atoms with Gasteiger partial charge in [0.05, 0.1) is 11.3 Å². The van der Waals surface area contributed by atoms with E-state index in [4.69, 9.17) is 11.6 Å². The third-order valence-electron chi connectivity index (χ3n) is 4.34. The zero-order chi connectivity index (χ0) is 19.0. The van der Waals surface area contributed by atoms with Gasteiger partial charge in [0.25, 0.3) is 11.8 Å². The molecule has 0 spiro atoms. The maximum atomic E-state index is 12.9. The molecule has 6 heteroatoms. The van der Waals surface area contributed by atoms with Crippen molar-refractivity contribution in [2.24, 2.45) is 0 Å². The Morgan fingerprint density at radius 1 is 1.00 bits per heavy atom. The van der Waals surface area contributed by atoms with Crippen LogP contribution in [-0.4, -0.2) is 17.7 Å². The number of rotatable bonds is 3. The third kappa shape index (κ3) is 3.02. The molecule has 132 valence electrons. The number of carbonyl (C=O) groups is 3. The van der Waals surface area contributed by atoms with Gasteiger partial charge in [-0.1, -0.05) is 35.9 Å². The van der Waals surface area contributed by atoms with E-state index in [2.05, 4.69) is 5.32 Å². The first kappa shape index (κ1) is 17.9. The lowest BCUT2D eigenvalue weighted by atomic mass is 10.0. The highest BCUT2D eigenvalue weighted by Gasteiger charge is 2.39. The molecule has 0 unspecified atom stereocenters. The van der Waals surface area contributed by atoms with Crippen molar-refractivity contribution in [3.05, 3.63) is 64.2 Å². The molecule has 5 nitrogen and oxygen atoms in total. The van der Waals surface area contributed by atoms with E-state index in [0.29, 0.717) is 16.9 Å². The number of amides is 3. The van der Waals surface area contributed by atoms with Crippen LogP contribution in [0.25, 0.3) is 5.57 Å². The molecule has 0 bridgehead atoms. The molecule has 0 radical (unpaired) electrons. The topological polar surface area (TPSA) is 66.5 Å². The second kappa shape index (κ2) is 6.77. The van der Waals surface area contributed by atoms with Gasteiger partial charge in [-0.3, -0.25) is 14.4 Å². The highest BCUT2D eigenvalue weighted by molar-refractivity contribution is 6.60. The standard InChI is InChI=1S/C20H17ClN2O3/c1-11-5-4-6-16(12(11)2)23-19(25)17(18(21)20(23)26)14-7-9-15(10-8-14)22-13(3)24/h4-10H,1-3H3,(H,22,24). The number of nitrogens with one attached hydrogen (secondary N) is 1. The SMILES string of the molecule is CC(=O)Nc1ccc(C2=C(Cl)C(=O)N(c3cccc(C)c3C)C2=O)cc1. The number of carbonyl (C=O) groups excluding carboxylic acids is 3. The minimum Gasteiger partial charge on any atom is -0.326 e. The van der Waals surface area contributed by atoms with Gasteiger partial charge in [0.1, 0.15) is 5.03 Å². The van der Waals surface area contributed by atoms with Crippen LogP contribution in [0.5, 0.6) is 0 Å². The van der Waals surface area contributed by atoms with E-state index < -0.39 is 11.8 Å². The van der Waals surface area contributed by atoms with E-state index in [1.807, 2.05) is 19.9 Å². The summed E-state index contributed by atoms with van der Waals surface area (Å²) in [6.07, 6.45) is 0. The molecule has 0 aromatic heterocycles. The molecule has 0 saturated carbocycles. The third-order valence-corrected chi connectivity index (χ3v) is 4.69.